The number of allylic oxidation sites excluding steroid dienone is 4. The average Bonchev–Trinajstić information content (AvgIpc) is 3.43. The lowest BCUT2D eigenvalue weighted by atomic mass is 10.0. The fourth-order valence-electron chi connectivity index (χ4n) is 11.3. The van der Waals surface area contributed by atoms with Gasteiger partial charge in [0.2, 0.25) is 5.91 Å². The molecule has 0 bridgehead atoms. The SMILES string of the molecule is CCCCCCC/C=C\C/C=C\CCCCCCCCCCCCCCCCCCCCCCCC(=O)NC(COP(=O)([O-])OCC[N+](C)(C)C)C(O)CCCCCCCCCCCCCCCCCCCCCCCCCCCC. The molecule has 8 nitrogen and oxygen atoms in total. The molecule has 9 heteroatoms. The summed E-state index contributed by atoms with van der Waals surface area (Å²) >= 11 is 0. The summed E-state index contributed by atoms with van der Waals surface area (Å²) in [5.74, 6) is -0.155. The molecule has 0 fully saturated rings. The van der Waals surface area contributed by atoms with E-state index in [1.165, 1.54) is 308 Å². The van der Waals surface area contributed by atoms with Gasteiger partial charge in [-0.25, -0.2) is 0 Å². The van der Waals surface area contributed by atoms with E-state index in [-0.39, 0.29) is 19.1 Å². The van der Waals surface area contributed by atoms with Crippen LogP contribution >= 0.6 is 7.82 Å². The standard InChI is InChI=1S/C72H143N2O6P/c1-6-8-10-12-14-16-18-20-22-24-26-28-30-32-34-35-36-37-38-39-40-42-44-46-48-50-52-54-56-58-60-62-64-66-72(76)73-70(69-80-81(77,78)79-68-67-74(3,4)5)71(75)65-63-61-59-57-55-53-51-49-47-45-43-41-33-31-29-27-25-23-21-19-17-15-13-11-9-7-2/h18,20,24,26,70-71,75H,6-17,19,21-23,25,27-69H2,1-5H3,(H-,73,76,77,78)/b20-18-,26-24-. The second-order valence-corrected chi connectivity index (χ2v) is 27.7. The average molecular weight is 1160 g/mol. The van der Waals surface area contributed by atoms with Gasteiger partial charge < -0.3 is 28.8 Å². The zero-order valence-electron chi connectivity index (χ0n) is 55.3. The van der Waals surface area contributed by atoms with E-state index < -0.39 is 20.0 Å². The zero-order chi connectivity index (χ0) is 59.1. The predicted molar refractivity (Wildman–Crippen MR) is 353 cm³/mol. The van der Waals surface area contributed by atoms with Crippen LogP contribution in [0.5, 0.6) is 0 Å². The first kappa shape index (κ1) is 80.0. The van der Waals surface area contributed by atoms with Crippen molar-refractivity contribution in [2.24, 2.45) is 0 Å². The predicted octanol–water partition coefficient (Wildman–Crippen LogP) is 22.4. The van der Waals surface area contributed by atoms with Gasteiger partial charge in [0.25, 0.3) is 7.82 Å². The van der Waals surface area contributed by atoms with E-state index in [2.05, 4.69) is 43.5 Å². The summed E-state index contributed by atoms with van der Waals surface area (Å²) in [5.41, 5.74) is 0. The number of hydrogen-bond acceptors (Lipinski definition) is 6. The molecule has 0 saturated carbocycles. The number of aliphatic hydroxyl groups excluding tert-OH is 1. The summed E-state index contributed by atoms with van der Waals surface area (Å²) in [7, 11) is 1.33. The van der Waals surface area contributed by atoms with Crippen molar-refractivity contribution in [1.29, 1.82) is 0 Å². The molecule has 0 aromatic carbocycles. The van der Waals surface area contributed by atoms with Crippen LogP contribution in [0.4, 0.5) is 0 Å². The van der Waals surface area contributed by atoms with Crippen LogP contribution in [-0.4, -0.2) is 68.5 Å². The number of aliphatic hydroxyl groups is 1. The highest BCUT2D eigenvalue weighted by atomic mass is 31.2. The lowest BCUT2D eigenvalue weighted by molar-refractivity contribution is -0.870. The van der Waals surface area contributed by atoms with E-state index in [0.29, 0.717) is 23.9 Å². The van der Waals surface area contributed by atoms with Crippen LogP contribution in [0.2, 0.25) is 0 Å². The van der Waals surface area contributed by atoms with Crippen LogP contribution in [0, 0.1) is 0 Å². The molecule has 0 saturated heterocycles. The van der Waals surface area contributed by atoms with Crippen molar-refractivity contribution in [2.45, 2.75) is 392 Å². The van der Waals surface area contributed by atoms with Gasteiger partial charge in [-0.3, -0.25) is 9.36 Å². The number of likely N-dealkylation sites (N-methyl/N-ethyl adjacent to an activating group) is 1. The number of quaternary nitrogens is 1. The maximum Gasteiger partial charge on any atom is 0.268 e. The maximum absolute atomic E-state index is 13.1. The Morgan fingerprint density at radius 3 is 1.02 bits per heavy atom. The second-order valence-electron chi connectivity index (χ2n) is 26.3. The number of carbonyl (C=O) groups is 1. The summed E-state index contributed by atoms with van der Waals surface area (Å²) in [6.45, 7) is 4.78. The van der Waals surface area contributed by atoms with Crippen molar-refractivity contribution in [3.63, 3.8) is 0 Å². The van der Waals surface area contributed by atoms with Gasteiger partial charge in [0.05, 0.1) is 39.9 Å². The van der Waals surface area contributed by atoms with Crippen molar-refractivity contribution in [2.75, 3.05) is 40.9 Å². The minimum Gasteiger partial charge on any atom is -0.756 e. The number of unbranched alkanes of at least 4 members (excludes halogenated alkanes) is 51. The summed E-state index contributed by atoms with van der Waals surface area (Å²) in [6.07, 6.45) is 82.6. The van der Waals surface area contributed by atoms with Gasteiger partial charge in [-0.15, -0.1) is 0 Å². The van der Waals surface area contributed by atoms with E-state index in [1.807, 2.05) is 21.1 Å². The number of phosphoric acid groups is 1. The van der Waals surface area contributed by atoms with Crippen LogP contribution in [0.3, 0.4) is 0 Å². The Morgan fingerprint density at radius 2 is 0.716 bits per heavy atom. The fourth-order valence-corrected chi connectivity index (χ4v) is 12.0. The Bertz CT molecular complexity index is 1370. The molecule has 0 aliphatic carbocycles. The highest BCUT2D eigenvalue weighted by Crippen LogP contribution is 2.38. The quantitative estimate of drug-likeness (QED) is 0.0272. The Hall–Kier alpha value is -1.02. The molecule has 0 radical (unpaired) electrons. The van der Waals surface area contributed by atoms with Crippen LogP contribution in [0.1, 0.15) is 380 Å². The first-order valence-electron chi connectivity index (χ1n) is 36.2. The first-order chi connectivity index (χ1) is 39.5. The highest BCUT2D eigenvalue weighted by Gasteiger charge is 2.24. The number of nitrogens with one attached hydrogen (secondary N) is 1. The molecule has 1 amide bonds. The number of carbonyl (C=O) groups excluding carboxylic acids is 1. The van der Waals surface area contributed by atoms with Crippen LogP contribution in [0.25, 0.3) is 0 Å². The third-order valence-electron chi connectivity index (χ3n) is 16.9. The van der Waals surface area contributed by atoms with E-state index >= 15 is 0 Å². The van der Waals surface area contributed by atoms with Crippen molar-refractivity contribution >= 4 is 13.7 Å². The normalized spacial score (nSPS) is 13.7. The largest absolute Gasteiger partial charge is 0.756 e. The summed E-state index contributed by atoms with van der Waals surface area (Å²) < 4.78 is 23.6. The smallest absolute Gasteiger partial charge is 0.268 e. The molecule has 0 aliphatic rings. The monoisotopic (exact) mass is 1160 g/mol. The van der Waals surface area contributed by atoms with Gasteiger partial charge in [0, 0.05) is 6.42 Å². The van der Waals surface area contributed by atoms with E-state index in [1.54, 1.807) is 0 Å². The van der Waals surface area contributed by atoms with Gasteiger partial charge in [0.1, 0.15) is 13.2 Å². The lowest BCUT2D eigenvalue weighted by Gasteiger charge is -2.30. The molecule has 2 N–H and O–H groups in total. The van der Waals surface area contributed by atoms with Crippen LogP contribution in [-0.2, 0) is 18.4 Å². The third-order valence-corrected chi connectivity index (χ3v) is 17.9. The number of phosphoric ester groups is 1. The Labute approximate surface area is 506 Å². The molecule has 3 unspecified atom stereocenters. The van der Waals surface area contributed by atoms with Gasteiger partial charge in [-0.2, -0.15) is 0 Å². The van der Waals surface area contributed by atoms with Gasteiger partial charge in [-0.1, -0.05) is 353 Å². The number of nitrogens with zero attached hydrogens (tertiary/aromatic N) is 1. The van der Waals surface area contributed by atoms with Crippen molar-refractivity contribution in [3.05, 3.63) is 24.3 Å². The second kappa shape index (κ2) is 63.5. The molecule has 3 atom stereocenters. The Kier molecular flexibility index (Phi) is 62.7. The van der Waals surface area contributed by atoms with Crippen molar-refractivity contribution < 1.29 is 32.9 Å². The fraction of sp³-hybridized carbons (Fsp3) is 0.931. The van der Waals surface area contributed by atoms with E-state index in [9.17, 15) is 19.4 Å². The number of rotatable bonds is 68. The molecular formula is C72H143N2O6P. The Morgan fingerprint density at radius 1 is 0.432 bits per heavy atom. The first-order valence-corrected chi connectivity index (χ1v) is 37.6. The van der Waals surface area contributed by atoms with Crippen LogP contribution < -0.4 is 10.2 Å². The topological polar surface area (TPSA) is 108 Å². The van der Waals surface area contributed by atoms with E-state index in [0.717, 1.165) is 44.9 Å². The molecule has 0 aromatic heterocycles. The Balaban J connectivity index is 3.97. The summed E-state index contributed by atoms with van der Waals surface area (Å²) in [5, 5.41) is 14.1. The van der Waals surface area contributed by atoms with Gasteiger partial charge >= 0.3 is 0 Å². The molecule has 0 aliphatic heterocycles. The highest BCUT2D eigenvalue weighted by molar-refractivity contribution is 7.45. The van der Waals surface area contributed by atoms with Crippen LogP contribution in [0.15, 0.2) is 24.3 Å². The van der Waals surface area contributed by atoms with Gasteiger partial charge in [0.15, 0.2) is 0 Å². The summed E-state index contributed by atoms with van der Waals surface area (Å²) in [4.78, 5) is 25.7. The van der Waals surface area contributed by atoms with Crippen molar-refractivity contribution in [1.82, 2.24) is 5.32 Å². The van der Waals surface area contributed by atoms with Gasteiger partial charge in [-0.05, 0) is 44.9 Å². The molecule has 482 valence electrons. The number of amides is 1. The minimum absolute atomic E-state index is 0.0153. The zero-order valence-corrected chi connectivity index (χ0v) is 56.2. The maximum atomic E-state index is 13.1. The molecule has 0 heterocycles. The molecular weight excluding hydrogens is 1020 g/mol. The molecule has 0 rings (SSSR count). The third kappa shape index (κ3) is 66.4. The molecule has 81 heavy (non-hydrogen) atoms. The number of hydrogen-bond donors (Lipinski definition) is 2. The van der Waals surface area contributed by atoms with Crippen molar-refractivity contribution in [3.8, 4) is 0 Å². The van der Waals surface area contributed by atoms with E-state index in [4.69, 9.17) is 9.05 Å². The molecule has 0 spiro atoms. The minimum atomic E-state index is -4.58. The summed E-state index contributed by atoms with van der Waals surface area (Å²) in [6, 6.07) is -0.799. The molecule has 0 aromatic rings. The lowest BCUT2D eigenvalue weighted by Crippen LogP contribution is -2.46.